The van der Waals surface area contributed by atoms with E-state index in [1.807, 2.05) is 7.11 Å². The summed E-state index contributed by atoms with van der Waals surface area (Å²) in [4.78, 5) is 0. The van der Waals surface area contributed by atoms with Crippen molar-refractivity contribution < 1.29 is 4.74 Å². The van der Waals surface area contributed by atoms with E-state index in [1.165, 1.54) is 51.6 Å². The molecule has 2 aliphatic rings. The first-order chi connectivity index (χ1) is 6.37. The number of rotatable bonds is 2. The van der Waals surface area contributed by atoms with Crippen LogP contribution in [0.15, 0.2) is 0 Å². The number of hydrogen-bond donors (Lipinski definition) is 1. The number of ether oxygens (including phenoxy) is 1. The van der Waals surface area contributed by atoms with Gasteiger partial charge in [0.2, 0.25) is 0 Å². The summed E-state index contributed by atoms with van der Waals surface area (Å²) >= 11 is 0. The Balaban J connectivity index is 2.01. The van der Waals surface area contributed by atoms with Crippen molar-refractivity contribution in [3.05, 3.63) is 0 Å². The number of hydrogen-bond acceptors (Lipinski definition) is 2. The maximum Gasteiger partial charge on any atom is 0.0707 e. The second-order valence-corrected chi connectivity index (χ2v) is 4.50. The minimum absolute atomic E-state index is 0.266. The zero-order chi connectivity index (χ0) is 9.15. The van der Waals surface area contributed by atoms with E-state index >= 15 is 0 Å². The van der Waals surface area contributed by atoms with E-state index < -0.39 is 0 Å². The first kappa shape index (κ1) is 9.47. The standard InChI is InChI=1S/C11H21NO/c1-13-11(6-2-3-7-11)10-4-8-12-9-5-10/h10,12H,2-9H2,1H3. The van der Waals surface area contributed by atoms with Crippen LogP contribution in [0.2, 0.25) is 0 Å². The number of nitrogens with one attached hydrogen (secondary N) is 1. The van der Waals surface area contributed by atoms with Crippen molar-refractivity contribution in [3.8, 4) is 0 Å². The molecule has 2 heteroatoms. The van der Waals surface area contributed by atoms with Gasteiger partial charge in [-0.1, -0.05) is 12.8 Å². The van der Waals surface area contributed by atoms with Gasteiger partial charge in [-0.15, -0.1) is 0 Å². The van der Waals surface area contributed by atoms with Crippen molar-refractivity contribution in [2.24, 2.45) is 5.92 Å². The van der Waals surface area contributed by atoms with Gasteiger partial charge >= 0.3 is 0 Å². The second-order valence-electron chi connectivity index (χ2n) is 4.50. The van der Waals surface area contributed by atoms with Crippen molar-refractivity contribution >= 4 is 0 Å². The summed E-state index contributed by atoms with van der Waals surface area (Å²) in [6.07, 6.45) is 7.97. The second kappa shape index (κ2) is 3.97. The molecule has 2 rings (SSSR count). The van der Waals surface area contributed by atoms with Gasteiger partial charge in [-0.05, 0) is 44.7 Å². The Bertz CT molecular complexity index is 157. The fourth-order valence-electron chi connectivity index (χ4n) is 3.10. The quantitative estimate of drug-likeness (QED) is 0.706. The van der Waals surface area contributed by atoms with E-state index in [2.05, 4.69) is 5.32 Å². The average molecular weight is 183 g/mol. The number of piperidine rings is 1. The SMILES string of the molecule is COC1(C2CCNCC2)CCCC1. The Morgan fingerprint density at radius 3 is 2.31 bits per heavy atom. The summed E-state index contributed by atoms with van der Waals surface area (Å²) in [5.74, 6) is 0.821. The first-order valence-corrected chi connectivity index (χ1v) is 5.63. The molecule has 0 amide bonds. The fraction of sp³-hybridized carbons (Fsp3) is 1.00. The molecule has 0 unspecified atom stereocenters. The lowest BCUT2D eigenvalue weighted by atomic mass is 9.79. The van der Waals surface area contributed by atoms with Crippen LogP contribution in [-0.4, -0.2) is 25.8 Å². The zero-order valence-corrected chi connectivity index (χ0v) is 8.64. The third-order valence-electron chi connectivity index (χ3n) is 3.94. The summed E-state index contributed by atoms with van der Waals surface area (Å²) in [6, 6.07) is 0. The van der Waals surface area contributed by atoms with E-state index in [9.17, 15) is 0 Å². The lowest BCUT2D eigenvalue weighted by molar-refractivity contribution is -0.0621. The smallest absolute Gasteiger partial charge is 0.0707 e. The van der Waals surface area contributed by atoms with Crippen LogP contribution < -0.4 is 5.32 Å². The summed E-state index contributed by atoms with van der Waals surface area (Å²) in [7, 11) is 1.91. The van der Waals surface area contributed by atoms with Crippen LogP contribution in [0.5, 0.6) is 0 Å². The van der Waals surface area contributed by atoms with Crippen LogP contribution >= 0.6 is 0 Å². The molecule has 0 radical (unpaired) electrons. The Kier molecular flexibility index (Phi) is 2.89. The Hall–Kier alpha value is -0.0800. The normalized spacial score (nSPS) is 29.3. The molecule has 13 heavy (non-hydrogen) atoms. The van der Waals surface area contributed by atoms with E-state index in [-0.39, 0.29) is 5.60 Å². The minimum atomic E-state index is 0.266. The highest BCUT2D eigenvalue weighted by atomic mass is 16.5. The van der Waals surface area contributed by atoms with Gasteiger partial charge in [0.05, 0.1) is 5.60 Å². The van der Waals surface area contributed by atoms with Crippen LogP contribution in [0.25, 0.3) is 0 Å². The van der Waals surface area contributed by atoms with E-state index in [0.717, 1.165) is 5.92 Å². The van der Waals surface area contributed by atoms with Gasteiger partial charge in [-0.25, -0.2) is 0 Å². The van der Waals surface area contributed by atoms with E-state index in [0.29, 0.717) is 0 Å². The molecule has 1 aliphatic carbocycles. The van der Waals surface area contributed by atoms with Crippen molar-refractivity contribution in [1.29, 1.82) is 0 Å². The largest absolute Gasteiger partial charge is 0.378 e. The maximum absolute atomic E-state index is 5.81. The molecule has 0 aromatic rings. The molecule has 1 saturated heterocycles. The molecule has 0 aromatic heterocycles. The summed E-state index contributed by atoms with van der Waals surface area (Å²) in [5, 5.41) is 3.42. The summed E-state index contributed by atoms with van der Waals surface area (Å²) in [6.45, 7) is 2.38. The van der Waals surface area contributed by atoms with E-state index in [1.54, 1.807) is 0 Å². The fourth-order valence-corrected chi connectivity index (χ4v) is 3.10. The van der Waals surface area contributed by atoms with Crippen molar-refractivity contribution in [1.82, 2.24) is 5.32 Å². The lowest BCUT2D eigenvalue weighted by Gasteiger charge is -2.39. The molecular formula is C11H21NO. The Morgan fingerprint density at radius 1 is 1.15 bits per heavy atom. The molecule has 76 valence electrons. The molecule has 1 N–H and O–H groups in total. The van der Waals surface area contributed by atoms with Crippen molar-refractivity contribution in [3.63, 3.8) is 0 Å². The predicted octanol–water partition coefficient (Wildman–Crippen LogP) is 1.95. The lowest BCUT2D eigenvalue weighted by Crippen LogP contribution is -2.43. The molecular weight excluding hydrogens is 162 g/mol. The number of methoxy groups -OCH3 is 1. The van der Waals surface area contributed by atoms with Crippen molar-refractivity contribution in [2.75, 3.05) is 20.2 Å². The Labute approximate surface area is 81.0 Å². The van der Waals surface area contributed by atoms with Crippen LogP contribution in [-0.2, 0) is 4.74 Å². The van der Waals surface area contributed by atoms with Gasteiger partial charge < -0.3 is 10.1 Å². The molecule has 0 atom stereocenters. The summed E-state index contributed by atoms with van der Waals surface area (Å²) in [5.41, 5.74) is 0.266. The van der Waals surface area contributed by atoms with Crippen LogP contribution in [0.1, 0.15) is 38.5 Å². The molecule has 1 heterocycles. The molecule has 2 fully saturated rings. The average Bonchev–Trinajstić information content (AvgIpc) is 2.69. The first-order valence-electron chi connectivity index (χ1n) is 5.63. The molecule has 0 aromatic carbocycles. The van der Waals surface area contributed by atoms with Gasteiger partial charge in [-0.2, -0.15) is 0 Å². The molecule has 2 nitrogen and oxygen atoms in total. The van der Waals surface area contributed by atoms with Gasteiger partial charge in [0.1, 0.15) is 0 Å². The zero-order valence-electron chi connectivity index (χ0n) is 8.64. The Morgan fingerprint density at radius 2 is 1.77 bits per heavy atom. The van der Waals surface area contributed by atoms with Crippen LogP contribution in [0, 0.1) is 5.92 Å². The third-order valence-corrected chi connectivity index (χ3v) is 3.94. The monoisotopic (exact) mass is 183 g/mol. The topological polar surface area (TPSA) is 21.3 Å². The van der Waals surface area contributed by atoms with Crippen LogP contribution in [0.4, 0.5) is 0 Å². The minimum Gasteiger partial charge on any atom is -0.378 e. The highest BCUT2D eigenvalue weighted by Gasteiger charge is 2.41. The maximum atomic E-state index is 5.81. The highest BCUT2D eigenvalue weighted by molar-refractivity contribution is 4.94. The van der Waals surface area contributed by atoms with Crippen LogP contribution in [0.3, 0.4) is 0 Å². The van der Waals surface area contributed by atoms with Crippen molar-refractivity contribution in [2.45, 2.75) is 44.1 Å². The molecule has 1 saturated carbocycles. The third kappa shape index (κ3) is 1.75. The predicted molar refractivity (Wildman–Crippen MR) is 53.8 cm³/mol. The van der Waals surface area contributed by atoms with Gasteiger partial charge in [0.15, 0.2) is 0 Å². The van der Waals surface area contributed by atoms with Gasteiger partial charge in [0.25, 0.3) is 0 Å². The van der Waals surface area contributed by atoms with Gasteiger partial charge in [-0.3, -0.25) is 0 Å². The molecule has 1 aliphatic heterocycles. The summed E-state index contributed by atoms with van der Waals surface area (Å²) < 4.78 is 5.81. The van der Waals surface area contributed by atoms with E-state index in [4.69, 9.17) is 4.74 Å². The molecule has 0 spiro atoms. The molecule has 0 bridgehead atoms. The van der Waals surface area contributed by atoms with Gasteiger partial charge in [0, 0.05) is 7.11 Å². The highest BCUT2D eigenvalue weighted by Crippen LogP contribution is 2.42.